The quantitative estimate of drug-likeness (QED) is 0.674. The number of hydrogen-bond acceptors (Lipinski definition) is 1. The van der Waals surface area contributed by atoms with Crippen LogP contribution >= 0.6 is 23.2 Å². The second-order valence-electron chi connectivity index (χ2n) is 4.08. The summed E-state index contributed by atoms with van der Waals surface area (Å²) in [4.78, 5) is 13.0. The van der Waals surface area contributed by atoms with Crippen LogP contribution in [0.2, 0.25) is 0 Å². The van der Waals surface area contributed by atoms with Gasteiger partial charge in [0.25, 0.3) is 0 Å². The third kappa shape index (κ3) is 4.19. The molecule has 0 N–H and O–H groups in total. The number of halogens is 2. The molecule has 0 aliphatic heterocycles. The lowest BCUT2D eigenvalue weighted by Crippen LogP contribution is -2.34. The fraction of sp³-hybridized carbons (Fsp3) is 0.889. The van der Waals surface area contributed by atoms with Gasteiger partial charge in [-0.05, 0) is 5.41 Å². The number of amides is 1. The van der Waals surface area contributed by atoms with Crippen molar-refractivity contribution in [3.05, 3.63) is 0 Å². The van der Waals surface area contributed by atoms with Crippen LogP contribution in [0.5, 0.6) is 0 Å². The molecule has 0 aromatic carbocycles. The summed E-state index contributed by atoms with van der Waals surface area (Å²) in [6.45, 7) is 3.91. The standard InChI is InChI=1S/C9H17Cl2NO/c1-9(2,7(11)6-10)5-8(13)12(3)4/h7H,5-6H2,1-4H3. The minimum Gasteiger partial charge on any atom is -0.349 e. The van der Waals surface area contributed by atoms with Crippen LogP contribution in [-0.2, 0) is 4.79 Å². The van der Waals surface area contributed by atoms with Gasteiger partial charge in [0.05, 0.1) is 5.38 Å². The highest BCUT2D eigenvalue weighted by Gasteiger charge is 2.30. The molecule has 0 bridgehead atoms. The Hall–Kier alpha value is 0.0500. The molecular weight excluding hydrogens is 209 g/mol. The van der Waals surface area contributed by atoms with Crippen LogP contribution in [-0.4, -0.2) is 36.2 Å². The molecule has 0 fully saturated rings. The Kier molecular flexibility index (Phi) is 5.08. The molecule has 2 nitrogen and oxygen atoms in total. The molecule has 0 aromatic heterocycles. The summed E-state index contributed by atoms with van der Waals surface area (Å²) in [5.41, 5.74) is -0.245. The zero-order valence-electron chi connectivity index (χ0n) is 8.60. The Bertz CT molecular complexity index is 180. The highest BCUT2D eigenvalue weighted by Crippen LogP contribution is 2.30. The highest BCUT2D eigenvalue weighted by atomic mass is 35.5. The van der Waals surface area contributed by atoms with E-state index in [1.54, 1.807) is 19.0 Å². The van der Waals surface area contributed by atoms with E-state index in [0.717, 1.165) is 0 Å². The monoisotopic (exact) mass is 225 g/mol. The van der Waals surface area contributed by atoms with E-state index >= 15 is 0 Å². The normalized spacial score (nSPS) is 14.0. The number of carbonyl (C=O) groups excluding carboxylic acids is 1. The Labute approximate surface area is 90.2 Å². The van der Waals surface area contributed by atoms with E-state index in [1.807, 2.05) is 13.8 Å². The molecular formula is C9H17Cl2NO. The number of alkyl halides is 2. The average Bonchev–Trinajstić information content (AvgIpc) is 2.01. The lowest BCUT2D eigenvalue weighted by Gasteiger charge is -2.29. The first-order valence-electron chi connectivity index (χ1n) is 4.21. The Morgan fingerprint density at radius 3 is 2.23 bits per heavy atom. The van der Waals surface area contributed by atoms with Gasteiger partial charge in [0.15, 0.2) is 0 Å². The summed E-state index contributed by atoms with van der Waals surface area (Å²) in [6.07, 6.45) is 0.431. The van der Waals surface area contributed by atoms with Crippen molar-refractivity contribution in [3.63, 3.8) is 0 Å². The van der Waals surface area contributed by atoms with Crippen molar-refractivity contribution in [1.82, 2.24) is 4.90 Å². The fourth-order valence-corrected chi connectivity index (χ4v) is 1.36. The first kappa shape index (κ1) is 13.1. The van der Waals surface area contributed by atoms with Gasteiger partial charge < -0.3 is 4.90 Å². The van der Waals surface area contributed by atoms with Crippen LogP contribution in [0.15, 0.2) is 0 Å². The van der Waals surface area contributed by atoms with Gasteiger partial charge in [0, 0.05) is 26.4 Å². The van der Waals surface area contributed by atoms with Gasteiger partial charge in [-0.15, -0.1) is 23.2 Å². The summed E-state index contributed by atoms with van der Waals surface area (Å²) < 4.78 is 0. The summed E-state index contributed by atoms with van der Waals surface area (Å²) in [6, 6.07) is 0. The average molecular weight is 226 g/mol. The number of nitrogens with zero attached hydrogens (tertiary/aromatic N) is 1. The SMILES string of the molecule is CN(C)C(=O)CC(C)(C)C(Cl)CCl. The summed E-state index contributed by atoms with van der Waals surface area (Å²) >= 11 is 11.6. The molecule has 4 heteroatoms. The molecule has 0 heterocycles. The minimum absolute atomic E-state index is 0.0840. The first-order chi connectivity index (χ1) is 5.81. The third-order valence-corrected chi connectivity index (χ3v) is 3.30. The van der Waals surface area contributed by atoms with Gasteiger partial charge in [-0.3, -0.25) is 4.79 Å². The molecule has 1 atom stereocenters. The Morgan fingerprint density at radius 1 is 1.46 bits per heavy atom. The van der Waals surface area contributed by atoms with Gasteiger partial charge in [0.2, 0.25) is 5.91 Å². The molecule has 0 aliphatic rings. The van der Waals surface area contributed by atoms with E-state index < -0.39 is 0 Å². The molecule has 13 heavy (non-hydrogen) atoms. The van der Waals surface area contributed by atoms with Crippen molar-refractivity contribution in [1.29, 1.82) is 0 Å². The smallest absolute Gasteiger partial charge is 0.222 e. The number of carbonyl (C=O) groups is 1. The van der Waals surface area contributed by atoms with Gasteiger partial charge in [-0.2, -0.15) is 0 Å². The number of rotatable bonds is 4. The molecule has 0 aliphatic carbocycles. The number of hydrogen-bond donors (Lipinski definition) is 0. The molecule has 78 valence electrons. The molecule has 0 radical (unpaired) electrons. The van der Waals surface area contributed by atoms with Crippen molar-refractivity contribution in [2.45, 2.75) is 25.6 Å². The van der Waals surface area contributed by atoms with E-state index in [-0.39, 0.29) is 16.7 Å². The van der Waals surface area contributed by atoms with E-state index in [1.165, 1.54) is 0 Å². The lowest BCUT2D eigenvalue weighted by molar-refractivity contribution is -0.130. The maximum absolute atomic E-state index is 11.4. The zero-order chi connectivity index (χ0) is 10.6. The Balaban J connectivity index is 4.24. The predicted octanol–water partition coefficient (Wildman–Crippen LogP) is 2.34. The molecule has 0 rings (SSSR count). The van der Waals surface area contributed by atoms with Gasteiger partial charge in [-0.25, -0.2) is 0 Å². The van der Waals surface area contributed by atoms with Crippen LogP contribution in [0, 0.1) is 5.41 Å². The molecule has 0 spiro atoms. The molecule has 0 aromatic rings. The maximum atomic E-state index is 11.4. The van der Waals surface area contributed by atoms with E-state index in [9.17, 15) is 4.79 Å². The largest absolute Gasteiger partial charge is 0.349 e. The summed E-state index contributed by atoms with van der Waals surface area (Å²) in [5.74, 6) is 0.454. The zero-order valence-corrected chi connectivity index (χ0v) is 10.1. The first-order valence-corrected chi connectivity index (χ1v) is 5.18. The second kappa shape index (κ2) is 5.06. The fourth-order valence-electron chi connectivity index (χ4n) is 0.867. The Morgan fingerprint density at radius 2 is 1.92 bits per heavy atom. The van der Waals surface area contributed by atoms with E-state index in [4.69, 9.17) is 23.2 Å². The molecule has 1 unspecified atom stereocenters. The third-order valence-electron chi connectivity index (χ3n) is 2.09. The van der Waals surface area contributed by atoms with Gasteiger partial charge in [-0.1, -0.05) is 13.8 Å². The minimum atomic E-state index is -0.245. The summed E-state index contributed by atoms with van der Waals surface area (Å²) in [7, 11) is 3.48. The van der Waals surface area contributed by atoms with Crippen LogP contribution < -0.4 is 0 Å². The van der Waals surface area contributed by atoms with Crippen LogP contribution in [0.1, 0.15) is 20.3 Å². The molecule has 0 saturated heterocycles. The van der Waals surface area contributed by atoms with E-state index in [0.29, 0.717) is 12.3 Å². The lowest BCUT2D eigenvalue weighted by atomic mass is 9.85. The predicted molar refractivity (Wildman–Crippen MR) is 57.5 cm³/mol. The molecule has 1 amide bonds. The summed E-state index contributed by atoms with van der Waals surface area (Å²) in [5, 5.41) is -0.168. The maximum Gasteiger partial charge on any atom is 0.222 e. The molecule has 0 saturated carbocycles. The van der Waals surface area contributed by atoms with Crippen LogP contribution in [0.4, 0.5) is 0 Å². The van der Waals surface area contributed by atoms with E-state index in [2.05, 4.69) is 0 Å². The van der Waals surface area contributed by atoms with Crippen molar-refractivity contribution >= 4 is 29.1 Å². The van der Waals surface area contributed by atoms with Crippen LogP contribution in [0.25, 0.3) is 0 Å². The van der Waals surface area contributed by atoms with Gasteiger partial charge >= 0.3 is 0 Å². The van der Waals surface area contributed by atoms with Crippen molar-refractivity contribution in [2.75, 3.05) is 20.0 Å². The highest BCUT2D eigenvalue weighted by molar-refractivity contribution is 6.28. The second-order valence-corrected chi connectivity index (χ2v) is 4.91. The van der Waals surface area contributed by atoms with Crippen molar-refractivity contribution in [2.24, 2.45) is 5.41 Å². The van der Waals surface area contributed by atoms with Crippen molar-refractivity contribution < 1.29 is 4.79 Å². The topological polar surface area (TPSA) is 20.3 Å². The van der Waals surface area contributed by atoms with Crippen LogP contribution in [0.3, 0.4) is 0 Å². The van der Waals surface area contributed by atoms with Crippen molar-refractivity contribution in [3.8, 4) is 0 Å². The van der Waals surface area contributed by atoms with Gasteiger partial charge in [0.1, 0.15) is 0 Å².